The molecule has 0 radical (unpaired) electrons. The number of pyridine rings is 1. The van der Waals surface area contributed by atoms with Gasteiger partial charge in [0.05, 0.1) is 22.5 Å². The summed E-state index contributed by atoms with van der Waals surface area (Å²) in [6.45, 7) is 6.21. The van der Waals surface area contributed by atoms with Crippen LogP contribution in [-0.4, -0.2) is 14.5 Å². The lowest BCUT2D eigenvalue weighted by Crippen LogP contribution is -2.11. The average molecular weight is 300 g/mol. The van der Waals surface area contributed by atoms with Crippen LogP contribution in [0.15, 0.2) is 42.7 Å². The van der Waals surface area contributed by atoms with Crippen LogP contribution in [0.4, 0.5) is 0 Å². The molecule has 3 aromatic rings. The van der Waals surface area contributed by atoms with Gasteiger partial charge in [-0.2, -0.15) is 0 Å². The molecule has 0 aliphatic rings. The third-order valence-corrected chi connectivity index (χ3v) is 3.98. The zero-order valence-electron chi connectivity index (χ0n) is 12.4. The van der Waals surface area contributed by atoms with Gasteiger partial charge in [-0.3, -0.25) is 4.98 Å². The predicted octanol–water partition coefficient (Wildman–Crippen LogP) is 4.65. The minimum atomic E-state index is -0.142. The van der Waals surface area contributed by atoms with E-state index in [9.17, 15) is 0 Å². The maximum absolute atomic E-state index is 6.35. The summed E-state index contributed by atoms with van der Waals surface area (Å²) in [5.41, 5.74) is 4.47. The average Bonchev–Trinajstić information content (AvgIpc) is 2.86. The SMILES string of the molecule is Cc1ccc2nc(C(C)Cl)n(C(C)c3cccnc3)c2c1. The first-order valence-electron chi connectivity index (χ1n) is 7.10. The first kappa shape index (κ1) is 14.1. The normalized spacial score (nSPS) is 14.3. The summed E-state index contributed by atoms with van der Waals surface area (Å²) in [4.78, 5) is 8.93. The first-order chi connectivity index (χ1) is 10.1. The number of hydrogen-bond acceptors (Lipinski definition) is 2. The lowest BCUT2D eigenvalue weighted by molar-refractivity contribution is 0.616. The summed E-state index contributed by atoms with van der Waals surface area (Å²) >= 11 is 6.35. The summed E-state index contributed by atoms with van der Waals surface area (Å²) in [7, 11) is 0. The van der Waals surface area contributed by atoms with Crippen molar-refractivity contribution in [2.75, 3.05) is 0 Å². The number of hydrogen-bond donors (Lipinski definition) is 0. The Morgan fingerprint density at radius 3 is 2.67 bits per heavy atom. The molecule has 3 nitrogen and oxygen atoms in total. The van der Waals surface area contributed by atoms with Crippen molar-refractivity contribution >= 4 is 22.6 Å². The smallest absolute Gasteiger partial charge is 0.128 e. The second-order valence-electron chi connectivity index (χ2n) is 5.41. The highest BCUT2D eigenvalue weighted by atomic mass is 35.5. The summed E-state index contributed by atoms with van der Waals surface area (Å²) in [5, 5.41) is -0.142. The summed E-state index contributed by atoms with van der Waals surface area (Å²) in [5.74, 6) is 0.897. The van der Waals surface area contributed by atoms with Crippen LogP contribution in [0.1, 0.15) is 42.2 Å². The molecule has 0 aliphatic heterocycles. The molecule has 108 valence electrons. The van der Waals surface area contributed by atoms with Crippen molar-refractivity contribution in [3.05, 3.63) is 59.7 Å². The Kier molecular flexibility index (Phi) is 3.68. The van der Waals surface area contributed by atoms with Gasteiger partial charge in [-0.15, -0.1) is 11.6 Å². The largest absolute Gasteiger partial charge is 0.319 e. The first-order valence-corrected chi connectivity index (χ1v) is 7.54. The molecule has 2 heterocycles. The third kappa shape index (κ3) is 2.54. The fourth-order valence-electron chi connectivity index (χ4n) is 2.68. The monoisotopic (exact) mass is 299 g/mol. The Balaban J connectivity index is 2.24. The highest BCUT2D eigenvalue weighted by Gasteiger charge is 2.20. The van der Waals surface area contributed by atoms with Crippen molar-refractivity contribution in [2.45, 2.75) is 32.2 Å². The summed E-state index contributed by atoms with van der Waals surface area (Å²) < 4.78 is 2.22. The molecule has 21 heavy (non-hydrogen) atoms. The van der Waals surface area contributed by atoms with Crippen molar-refractivity contribution in [3.63, 3.8) is 0 Å². The van der Waals surface area contributed by atoms with E-state index in [1.165, 1.54) is 5.56 Å². The van der Waals surface area contributed by atoms with Crippen LogP contribution in [0.3, 0.4) is 0 Å². The van der Waals surface area contributed by atoms with E-state index >= 15 is 0 Å². The van der Waals surface area contributed by atoms with Crippen molar-refractivity contribution < 1.29 is 0 Å². The zero-order valence-corrected chi connectivity index (χ0v) is 13.2. The van der Waals surface area contributed by atoms with Gasteiger partial charge in [0.1, 0.15) is 5.82 Å². The maximum atomic E-state index is 6.35. The lowest BCUT2D eigenvalue weighted by Gasteiger charge is -2.19. The van der Waals surface area contributed by atoms with Crippen LogP contribution >= 0.6 is 11.6 Å². The maximum Gasteiger partial charge on any atom is 0.128 e. The number of alkyl halides is 1. The van der Waals surface area contributed by atoms with Gasteiger partial charge < -0.3 is 4.57 Å². The van der Waals surface area contributed by atoms with E-state index in [0.29, 0.717) is 0 Å². The molecule has 0 aliphatic carbocycles. The molecular weight excluding hydrogens is 282 g/mol. The van der Waals surface area contributed by atoms with E-state index in [4.69, 9.17) is 16.6 Å². The minimum absolute atomic E-state index is 0.140. The molecule has 0 spiro atoms. The second-order valence-corrected chi connectivity index (χ2v) is 6.07. The number of imidazole rings is 1. The van der Waals surface area contributed by atoms with Crippen LogP contribution in [-0.2, 0) is 0 Å². The van der Waals surface area contributed by atoms with E-state index in [-0.39, 0.29) is 11.4 Å². The molecule has 3 rings (SSSR count). The third-order valence-electron chi connectivity index (χ3n) is 3.78. The molecule has 1 aromatic carbocycles. The van der Waals surface area contributed by atoms with Gasteiger partial charge in [0, 0.05) is 12.4 Å². The molecule has 2 atom stereocenters. The van der Waals surface area contributed by atoms with Gasteiger partial charge in [0.25, 0.3) is 0 Å². The number of aromatic nitrogens is 3. The molecule has 0 saturated heterocycles. The highest BCUT2D eigenvalue weighted by molar-refractivity contribution is 6.20. The Labute approximate surface area is 129 Å². The number of halogens is 1. The molecule has 0 amide bonds. The van der Waals surface area contributed by atoms with Gasteiger partial charge in [-0.1, -0.05) is 12.1 Å². The minimum Gasteiger partial charge on any atom is -0.319 e. The van der Waals surface area contributed by atoms with E-state index < -0.39 is 0 Å². The van der Waals surface area contributed by atoms with Crippen LogP contribution in [0.5, 0.6) is 0 Å². The Bertz CT molecular complexity index is 762. The standard InChI is InChI=1S/C17H18ClN3/c1-11-6-7-15-16(9-11)21(17(20-15)12(2)18)13(3)14-5-4-8-19-10-14/h4-10,12-13H,1-3H3. The molecular formula is C17H18ClN3. The van der Waals surface area contributed by atoms with Crippen molar-refractivity contribution in [2.24, 2.45) is 0 Å². The van der Waals surface area contributed by atoms with Gasteiger partial charge in [-0.05, 0) is 50.1 Å². The molecule has 4 heteroatoms. The fraction of sp³-hybridized carbons (Fsp3) is 0.294. The summed E-state index contributed by atoms with van der Waals surface area (Å²) in [6, 6.07) is 10.5. The highest BCUT2D eigenvalue weighted by Crippen LogP contribution is 2.31. The zero-order chi connectivity index (χ0) is 15.0. The Hall–Kier alpha value is -1.87. The molecule has 0 bridgehead atoms. The second kappa shape index (κ2) is 5.49. The quantitative estimate of drug-likeness (QED) is 0.659. The molecule has 0 N–H and O–H groups in total. The number of aryl methyl sites for hydroxylation is 1. The van der Waals surface area contributed by atoms with Gasteiger partial charge >= 0.3 is 0 Å². The van der Waals surface area contributed by atoms with Gasteiger partial charge in [-0.25, -0.2) is 4.98 Å². The van der Waals surface area contributed by atoms with Gasteiger partial charge in [0.15, 0.2) is 0 Å². The molecule has 2 aromatic heterocycles. The van der Waals surface area contributed by atoms with Crippen molar-refractivity contribution in [1.82, 2.24) is 14.5 Å². The van der Waals surface area contributed by atoms with E-state index in [1.54, 1.807) is 6.20 Å². The van der Waals surface area contributed by atoms with Crippen molar-refractivity contribution in [3.8, 4) is 0 Å². The van der Waals surface area contributed by atoms with Crippen LogP contribution < -0.4 is 0 Å². The molecule has 0 fully saturated rings. The topological polar surface area (TPSA) is 30.7 Å². The van der Waals surface area contributed by atoms with E-state index in [1.807, 2.05) is 19.2 Å². The van der Waals surface area contributed by atoms with E-state index in [0.717, 1.165) is 22.4 Å². The Morgan fingerprint density at radius 2 is 2.00 bits per heavy atom. The predicted molar refractivity (Wildman–Crippen MR) is 86.8 cm³/mol. The van der Waals surface area contributed by atoms with E-state index in [2.05, 4.69) is 47.7 Å². The van der Waals surface area contributed by atoms with Crippen molar-refractivity contribution in [1.29, 1.82) is 0 Å². The van der Waals surface area contributed by atoms with Crippen LogP contribution in [0, 0.1) is 6.92 Å². The fourth-order valence-corrected chi connectivity index (χ4v) is 2.84. The number of benzene rings is 1. The summed E-state index contributed by atoms with van der Waals surface area (Å²) in [6.07, 6.45) is 3.69. The van der Waals surface area contributed by atoms with Crippen LogP contribution in [0.25, 0.3) is 11.0 Å². The van der Waals surface area contributed by atoms with Gasteiger partial charge in [0.2, 0.25) is 0 Å². The molecule has 0 saturated carbocycles. The number of fused-ring (bicyclic) bond motifs is 1. The Morgan fingerprint density at radius 1 is 1.19 bits per heavy atom. The number of rotatable bonds is 3. The van der Waals surface area contributed by atoms with Crippen LogP contribution in [0.2, 0.25) is 0 Å². The lowest BCUT2D eigenvalue weighted by atomic mass is 10.1. The molecule has 2 unspecified atom stereocenters. The number of nitrogens with zero attached hydrogens (tertiary/aromatic N) is 3.